The Hall–Kier alpha value is -1.87. The van der Waals surface area contributed by atoms with Crippen molar-refractivity contribution in [1.29, 1.82) is 5.26 Å². The van der Waals surface area contributed by atoms with Crippen LogP contribution in [0.3, 0.4) is 0 Å². The first-order valence-electron chi connectivity index (χ1n) is 5.21. The normalized spacial score (nSPS) is 15.8. The summed E-state index contributed by atoms with van der Waals surface area (Å²) in [5.41, 5.74) is 0. The molecule has 1 aliphatic rings. The monoisotopic (exact) mass is 219 g/mol. The van der Waals surface area contributed by atoms with Crippen molar-refractivity contribution in [2.24, 2.45) is 0 Å². The Balaban J connectivity index is 1.99. The number of aromatic nitrogens is 2. The van der Waals surface area contributed by atoms with Gasteiger partial charge in [-0.25, -0.2) is 4.98 Å². The second kappa shape index (κ2) is 4.77. The number of nitriles is 1. The molecule has 6 heteroatoms. The third-order valence-corrected chi connectivity index (χ3v) is 2.59. The fourth-order valence-electron chi connectivity index (χ4n) is 1.71. The predicted octanol–water partition coefficient (Wildman–Crippen LogP) is -0.813. The Morgan fingerprint density at radius 2 is 2.31 bits per heavy atom. The standard InChI is InChI=1S/C10H13N5O/c11-7-9-13-3-6-15(9)8-10(16)14-4-1-12-2-5-14/h3,6,12H,1-2,4-5,8H2. The van der Waals surface area contributed by atoms with Crippen molar-refractivity contribution in [3.63, 3.8) is 0 Å². The number of carbonyl (C=O) groups excluding carboxylic acids is 1. The molecule has 0 aliphatic carbocycles. The molecule has 0 bridgehead atoms. The lowest BCUT2D eigenvalue weighted by Crippen LogP contribution is -2.47. The van der Waals surface area contributed by atoms with E-state index in [9.17, 15) is 4.79 Å². The number of nitrogens with one attached hydrogen (secondary N) is 1. The van der Waals surface area contributed by atoms with E-state index in [2.05, 4.69) is 10.3 Å². The van der Waals surface area contributed by atoms with Crippen molar-refractivity contribution in [2.75, 3.05) is 26.2 Å². The van der Waals surface area contributed by atoms with Gasteiger partial charge in [0.15, 0.2) is 0 Å². The zero-order valence-electron chi connectivity index (χ0n) is 8.89. The van der Waals surface area contributed by atoms with Gasteiger partial charge in [0.05, 0.1) is 0 Å². The number of imidazole rings is 1. The molecule has 1 saturated heterocycles. The van der Waals surface area contributed by atoms with Crippen LogP contribution >= 0.6 is 0 Å². The van der Waals surface area contributed by atoms with Crippen molar-refractivity contribution in [3.05, 3.63) is 18.2 Å². The first kappa shape index (κ1) is 10.6. The van der Waals surface area contributed by atoms with E-state index in [-0.39, 0.29) is 18.3 Å². The number of hydrogen-bond donors (Lipinski definition) is 1. The number of hydrogen-bond acceptors (Lipinski definition) is 4. The van der Waals surface area contributed by atoms with Gasteiger partial charge in [0, 0.05) is 38.6 Å². The fraction of sp³-hybridized carbons (Fsp3) is 0.500. The molecule has 0 atom stereocenters. The third-order valence-electron chi connectivity index (χ3n) is 2.59. The van der Waals surface area contributed by atoms with Crippen LogP contribution in [0.5, 0.6) is 0 Å². The Morgan fingerprint density at radius 1 is 1.56 bits per heavy atom. The first-order chi connectivity index (χ1) is 7.81. The molecule has 1 fully saturated rings. The molecule has 1 N–H and O–H groups in total. The lowest BCUT2D eigenvalue weighted by Gasteiger charge is -2.27. The molecule has 0 radical (unpaired) electrons. The van der Waals surface area contributed by atoms with Gasteiger partial charge < -0.3 is 14.8 Å². The Morgan fingerprint density at radius 3 is 3.00 bits per heavy atom. The van der Waals surface area contributed by atoms with Gasteiger partial charge in [-0.05, 0) is 0 Å². The predicted molar refractivity (Wildman–Crippen MR) is 56.4 cm³/mol. The number of nitrogens with zero attached hydrogens (tertiary/aromatic N) is 4. The number of amides is 1. The summed E-state index contributed by atoms with van der Waals surface area (Å²) in [7, 11) is 0. The van der Waals surface area contributed by atoms with Crippen LogP contribution in [-0.4, -0.2) is 46.5 Å². The highest BCUT2D eigenvalue weighted by Gasteiger charge is 2.17. The lowest BCUT2D eigenvalue weighted by molar-refractivity contribution is -0.132. The summed E-state index contributed by atoms with van der Waals surface area (Å²) in [6.07, 6.45) is 3.18. The Kier molecular flexibility index (Phi) is 3.17. The van der Waals surface area contributed by atoms with Gasteiger partial charge in [0.2, 0.25) is 11.7 Å². The number of carbonyl (C=O) groups is 1. The van der Waals surface area contributed by atoms with Gasteiger partial charge in [0.25, 0.3) is 0 Å². The molecule has 0 unspecified atom stereocenters. The maximum absolute atomic E-state index is 11.9. The molecule has 0 spiro atoms. The molecule has 16 heavy (non-hydrogen) atoms. The first-order valence-corrected chi connectivity index (χ1v) is 5.21. The number of rotatable bonds is 2. The van der Waals surface area contributed by atoms with Crippen LogP contribution in [0, 0.1) is 11.3 Å². The van der Waals surface area contributed by atoms with Crippen molar-refractivity contribution < 1.29 is 4.79 Å². The minimum atomic E-state index is 0.0380. The summed E-state index contributed by atoms with van der Waals surface area (Å²) >= 11 is 0. The van der Waals surface area contributed by atoms with Gasteiger partial charge in [0.1, 0.15) is 12.6 Å². The maximum Gasteiger partial charge on any atom is 0.242 e. The summed E-state index contributed by atoms with van der Waals surface area (Å²) < 4.78 is 1.57. The van der Waals surface area contributed by atoms with E-state index in [1.54, 1.807) is 15.7 Å². The molecule has 1 aliphatic heterocycles. The number of piperazine rings is 1. The molecular formula is C10H13N5O. The summed E-state index contributed by atoms with van der Waals surface area (Å²) in [6.45, 7) is 3.33. The summed E-state index contributed by atoms with van der Waals surface area (Å²) in [5, 5.41) is 11.9. The topological polar surface area (TPSA) is 74.0 Å². The van der Waals surface area contributed by atoms with Crippen LogP contribution in [0.2, 0.25) is 0 Å². The van der Waals surface area contributed by atoms with Crippen LogP contribution in [0.25, 0.3) is 0 Å². The largest absolute Gasteiger partial charge is 0.339 e. The summed E-state index contributed by atoms with van der Waals surface area (Å²) in [5.74, 6) is 0.319. The smallest absolute Gasteiger partial charge is 0.242 e. The minimum absolute atomic E-state index is 0.0380. The zero-order chi connectivity index (χ0) is 11.4. The van der Waals surface area contributed by atoms with Crippen molar-refractivity contribution in [1.82, 2.24) is 19.8 Å². The average Bonchev–Trinajstić information content (AvgIpc) is 2.77. The van der Waals surface area contributed by atoms with E-state index < -0.39 is 0 Å². The molecule has 0 aromatic carbocycles. The third kappa shape index (κ3) is 2.20. The second-order valence-corrected chi connectivity index (χ2v) is 3.62. The second-order valence-electron chi connectivity index (χ2n) is 3.62. The molecule has 84 valence electrons. The average molecular weight is 219 g/mol. The molecule has 1 aromatic heterocycles. The summed E-state index contributed by atoms with van der Waals surface area (Å²) in [4.78, 5) is 17.5. The molecule has 1 aromatic rings. The van der Waals surface area contributed by atoms with E-state index in [4.69, 9.17) is 5.26 Å². The molecule has 1 amide bonds. The molecule has 2 heterocycles. The molecule has 0 saturated carbocycles. The van der Waals surface area contributed by atoms with Crippen molar-refractivity contribution in [2.45, 2.75) is 6.54 Å². The van der Waals surface area contributed by atoms with Gasteiger partial charge in [-0.1, -0.05) is 0 Å². The minimum Gasteiger partial charge on any atom is -0.339 e. The Bertz CT molecular complexity index is 413. The van der Waals surface area contributed by atoms with Gasteiger partial charge >= 0.3 is 0 Å². The van der Waals surface area contributed by atoms with E-state index in [1.807, 2.05) is 6.07 Å². The highest BCUT2D eigenvalue weighted by molar-refractivity contribution is 5.76. The van der Waals surface area contributed by atoms with E-state index in [1.165, 1.54) is 6.20 Å². The van der Waals surface area contributed by atoms with Crippen LogP contribution in [0.15, 0.2) is 12.4 Å². The zero-order valence-corrected chi connectivity index (χ0v) is 8.89. The SMILES string of the molecule is N#Cc1nccn1CC(=O)N1CCNCC1. The molecule has 6 nitrogen and oxygen atoms in total. The highest BCUT2D eigenvalue weighted by Crippen LogP contribution is 2.00. The van der Waals surface area contributed by atoms with Gasteiger partial charge in [-0.15, -0.1) is 0 Å². The van der Waals surface area contributed by atoms with E-state index in [0.29, 0.717) is 0 Å². The van der Waals surface area contributed by atoms with Crippen LogP contribution < -0.4 is 5.32 Å². The highest BCUT2D eigenvalue weighted by atomic mass is 16.2. The van der Waals surface area contributed by atoms with Crippen molar-refractivity contribution in [3.8, 4) is 6.07 Å². The van der Waals surface area contributed by atoms with Crippen LogP contribution in [-0.2, 0) is 11.3 Å². The van der Waals surface area contributed by atoms with Crippen molar-refractivity contribution >= 4 is 5.91 Å². The van der Waals surface area contributed by atoms with Gasteiger partial charge in [-0.2, -0.15) is 5.26 Å². The summed E-state index contributed by atoms with van der Waals surface area (Å²) in [6, 6.07) is 1.95. The molecular weight excluding hydrogens is 206 g/mol. The fourth-order valence-corrected chi connectivity index (χ4v) is 1.71. The maximum atomic E-state index is 11.9. The molecule has 2 rings (SSSR count). The van der Waals surface area contributed by atoms with Crippen LogP contribution in [0.4, 0.5) is 0 Å². The van der Waals surface area contributed by atoms with Gasteiger partial charge in [-0.3, -0.25) is 4.79 Å². The van der Waals surface area contributed by atoms with E-state index >= 15 is 0 Å². The lowest BCUT2D eigenvalue weighted by atomic mass is 10.3. The Labute approximate surface area is 93.5 Å². The quantitative estimate of drug-likeness (QED) is 0.705. The van der Waals surface area contributed by atoms with E-state index in [0.717, 1.165) is 26.2 Å². The van der Waals surface area contributed by atoms with Crippen LogP contribution in [0.1, 0.15) is 5.82 Å².